The predicted molar refractivity (Wildman–Crippen MR) is 69.6 cm³/mol. The van der Waals surface area contributed by atoms with E-state index in [1.165, 1.54) is 0 Å². The van der Waals surface area contributed by atoms with Crippen molar-refractivity contribution in [1.29, 1.82) is 0 Å². The fourth-order valence-electron chi connectivity index (χ4n) is 1.38. The highest BCUT2D eigenvalue weighted by atomic mass is 127. The molecule has 0 amide bonds. The second-order valence-corrected chi connectivity index (χ2v) is 4.67. The van der Waals surface area contributed by atoms with E-state index in [1.54, 1.807) is 6.07 Å². The molecule has 0 aliphatic rings. The molecule has 1 N–H and O–H groups in total. The molecule has 1 aromatic carbocycles. The molecule has 1 aromatic rings. The Balaban J connectivity index is 2.41. The highest BCUT2D eigenvalue weighted by molar-refractivity contribution is 14.1. The quantitative estimate of drug-likeness (QED) is 0.495. The van der Waals surface area contributed by atoms with Crippen LogP contribution in [0.3, 0.4) is 0 Å². The Bertz CT molecular complexity index is 388. The summed E-state index contributed by atoms with van der Waals surface area (Å²) in [5.41, 5.74) is 0.735. The van der Waals surface area contributed by atoms with Crippen molar-refractivity contribution in [3.63, 3.8) is 0 Å². The third-order valence-corrected chi connectivity index (χ3v) is 3.16. The predicted octanol–water partition coefficient (Wildman–Crippen LogP) is 3.12. The van der Waals surface area contributed by atoms with Crippen molar-refractivity contribution < 1.29 is 14.7 Å². The molecule has 16 heavy (non-hydrogen) atoms. The fraction of sp³-hybridized carbons (Fsp3) is 0.333. The Morgan fingerprint density at radius 1 is 1.12 bits per heavy atom. The van der Waals surface area contributed by atoms with Gasteiger partial charge in [0, 0.05) is 22.0 Å². The van der Waals surface area contributed by atoms with Gasteiger partial charge in [-0.1, -0.05) is 18.2 Å². The largest absolute Gasteiger partial charge is 0.481 e. The number of carbonyl (C=O) groups is 2. The van der Waals surface area contributed by atoms with Crippen molar-refractivity contribution in [1.82, 2.24) is 0 Å². The number of hydrogen-bond acceptors (Lipinski definition) is 2. The summed E-state index contributed by atoms with van der Waals surface area (Å²) in [5, 5.41) is 8.45. The van der Waals surface area contributed by atoms with E-state index in [0.717, 1.165) is 9.13 Å². The number of carbonyl (C=O) groups excluding carboxylic acids is 1. The van der Waals surface area contributed by atoms with E-state index >= 15 is 0 Å². The van der Waals surface area contributed by atoms with Gasteiger partial charge in [-0.3, -0.25) is 9.59 Å². The van der Waals surface area contributed by atoms with Crippen molar-refractivity contribution in [2.24, 2.45) is 0 Å². The van der Waals surface area contributed by atoms with Gasteiger partial charge in [0.15, 0.2) is 5.78 Å². The summed E-state index contributed by atoms with van der Waals surface area (Å²) in [6.45, 7) is 0. The van der Waals surface area contributed by atoms with E-state index in [1.807, 2.05) is 18.2 Å². The summed E-state index contributed by atoms with van der Waals surface area (Å²) in [6.07, 6.45) is 1.76. The Morgan fingerprint density at radius 3 is 2.38 bits per heavy atom. The van der Waals surface area contributed by atoms with Crippen LogP contribution in [-0.2, 0) is 4.79 Å². The average Bonchev–Trinajstić information content (AvgIpc) is 2.24. The van der Waals surface area contributed by atoms with Crippen LogP contribution in [0, 0.1) is 3.57 Å². The zero-order valence-corrected chi connectivity index (χ0v) is 10.9. The lowest BCUT2D eigenvalue weighted by Gasteiger charge is -2.02. The highest BCUT2D eigenvalue weighted by Gasteiger charge is 2.08. The van der Waals surface area contributed by atoms with Crippen molar-refractivity contribution in [3.05, 3.63) is 33.4 Å². The van der Waals surface area contributed by atoms with E-state index < -0.39 is 5.97 Å². The molecule has 0 unspecified atom stereocenters. The topological polar surface area (TPSA) is 54.4 Å². The lowest BCUT2D eigenvalue weighted by molar-refractivity contribution is -0.137. The monoisotopic (exact) mass is 332 g/mol. The number of rotatable bonds is 6. The van der Waals surface area contributed by atoms with Crippen molar-refractivity contribution >= 4 is 34.3 Å². The highest BCUT2D eigenvalue weighted by Crippen LogP contribution is 2.15. The lowest BCUT2D eigenvalue weighted by Crippen LogP contribution is -2.02. The third-order valence-electron chi connectivity index (χ3n) is 2.22. The lowest BCUT2D eigenvalue weighted by atomic mass is 10.0. The second kappa shape index (κ2) is 6.62. The van der Waals surface area contributed by atoms with Gasteiger partial charge in [0.2, 0.25) is 0 Å². The number of halogens is 1. The zero-order valence-electron chi connectivity index (χ0n) is 8.78. The molecule has 0 aliphatic carbocycles. The molecule has 3 nitrogen and oxygen atoms in total. The number of aliphatic carboxylic acids is 1. The molecule has 4 heteroatoms. The van der Waals surface area contributed by atoms with Gasteiger partial charge in [-0.05, 0) is 41.5 Å². The first kappa shape index (κ1) is 13.2. The summed E-state index contributed by atoms with van der Waals surface area (Å²) in [6, 6.07) is 7.43. The minimum Gasteiger partial charge on any atom is -0.481 e. The minimum absolute atomic E-state index is 0.0930. The molecule has 86 valence electrons. The molecule has 0 atom stereocenters. The van der Waals surface area contributed by atoms with Gasteiger partial charge in [0.1, 0.15) is 0 Å². The van der Waals surface area contributed by atoms with Gasteiger partial charge < -0.3 is 5.11 Å². The molecule has 0 fully saturated rings. The molecular weight excluding hydrogens is 319 g/mol. The number of hydrogen-bond donors (Lipinski definition) is 1. The normalized spacial score (nSPS) is 10.1. The summed E-state index contributed by atoms with van der Waals surface area (Å²) in [7, 11) is 0. The minimum atomic E-state index is -0.804. The van der Waals surface area contributed by atoms with Crippen LogP contribution in [0.15, 0.2) is 24.3 Å². The molecule has 0 spiro atoms. The van der Waals surface area contributed by atoms with Gasteiger partial charge in [-0.2, -0.15) is 0 Å². The van der Waals surface area contributed by atoms with Gasteiger partial charge in [0.25, 0.3) is 0 Å². The first-order valence-electron chi connectivity index (χ1n) is 5.11. The maximum absolute atomic E-state index is 11.8. The first-order chi connectivity index (χ1) is 7.61. The molecule has 0 heterocycles. The van der Waals surface area contributed by atoms with Crippen LogP contribution in [0.4, 0.5) is 0 Å². The van der Waals surface area contributed by atoms with Gasteiger partial charge in [-0.15, -0.1) is 0 Å². The molecule has 1 rings (SSSR count). The third kappa shape index (κ3) is 4.30. The maximum Gasteiger partial charge on any atom is 0.303 e. The SMILES string of the molecule is O=C(O)CCCCC(=O)c1ccccc1I. The summed E-state index contributed by atoms with van der Waals surface area (Å²) >= 11 is 2.13. The van der Waals surface area contributed by atoms with Crippen LogP contribution in [0.2, 0.25) is 0 Å². The number of unbranched alkanes of at least 4 members (excludes halogenated alkanes) is 1. The van der Waals surface area contributed by atoms with Crippen molar-refractivity contribution in [2.45, 2.75) is 25.7 Å². The average molecular weight is 332 g/mol. The van der Waals surface area contributed by atoms with Crippen LogP contribution < -0.4 is 0 Å². The van der Waals surface area contributed by atoms with Gasteiger partial charge >= 0.3 is 5.97 Å². The molecule has 0 radical (unpaired) electrons. The van der Waals surface area contributed by atoms with E-state index in [-0.39, 0.29) is 12.2 Å². The molecular formula is C12H13IO3. The smallest absolute Gasteiger partial charge is 0.303 e. The van der Waals surface area contributed by atoms with E-state index in [4.69, 9.17) is 5.11 Å². The maximum atomic E-state index is 11.8. The Hall–Kier alpha value is -0.910. The van der Waals surface area contributed by atoms with Crippen molar-refractivity contribution in [2.75, 3.05) is 0 Å². The molecule has 0 saturated heterocycles. The van der Waals surface area contributed by atoms with Gasteiger partial charge in [-0.25, -0.2) is 0 Å². The van der Waals surface area contributed by atoms with Crippen LogP contribution in [0.1, 0.15) is 36.0 Å². The Morgan fingerprint density at radius 2 is 1.75 bits per heavy atom. The molecule has 0 bridgehead atoms. The number of carboxylic acid groups (broad SMARTS) is 1. The number of ketones is 1. The molecule has 0 aromatic heterocycles. The standard InChI is InChI=1S/C12H13IO3/c13-10-6-2-1-5-9(10)11(14)7-3-4-8-12(15)16/h1-2,5-6H,3-4,7-8H2,(H,15,16). The van der Waals surface area contributed by atoms with E-state index in [2.05, 4.69) is 22.6 Å². The second-order valence-electron chi connectivity index (χ2n) is 3.50. The zero-order chi connectivity index (χ0) is 12.0. The number of benzene rings is 1. The molecule has 0 aliphatic heterocycles. The van der Waals surface area contributed by atoms with Crippen LogP contribution in [0.5, 0.6) is 0 Å². The Kier molecular flexibility index (Phi) is 5.45. The first-order valence-corrected chi connectivity index (χ1v) is 6.18. The summed E-state index contributed by atoms with van der Waals surface area (Å²) in [4.78, 5) is 22.0. The fourth-order valence-corrected chi connectivity index (χ4v) is 2.07. The van der Waals surface area contributed by atoms with Crippen molar-refractivity contribution in [3.8, 4) is 0 Å². The van der Waals surface area contributed by atoms with Crippen LogP contribution >= 0.6 is 22.6 Å². The van der Waals surface area contributed by atoms with Crippen LogP contribution in [-0.4, -0.2) is 16.9 Å². The number of carboxylic acids is 1. The Labute approximate surface area is 108 Å². The van der Waals surface area contributed by atoms with Gasteiger partial charge in [0.05, 0.1) is 0 Å². The molecule has 0 saturated carbocycles. The summed E-state index contributed by atoms with van der Waals surface area (Å²) in [5.74, 6) is -0.711. The van der Waals surface area contributed by atoms with Crippen LogP contribution in [0.25, 0.3) is 0 Å². The summed E-state index contributed by atoms with van der Waals surface area (Å²) < 4.78 is 0.948. The van der Waals surface area contributed by atoms with E-state index in [0.29, 0.717) is 19.3 Å². The van der Waals surface area contributed by atoms with E-state index in [9.17, 15) is 9.59 Å². The number of Topliss-reactive ketones (excluding diaryl/α,β-unsaturated/α-hetero) is 1.